The van der Waals surface area contributed by atoms with Crippen molar-refractivity contribution < 1.29 is 4.74 Å². The zero-order valence-corrected chi connectivity index (χ0v) is 17.4. The second-order valence-electron chi connectivity index (χ2n) is 7.92. The molecule has 0 aliphatic heterocycles. The van der Waals surface area contributed by atoms with Crippen molar-refractivity contribution in [2.24, 2.45) is 0 Å². The zero-order chi connectivity index (χ0) is 20.9. The van der Waals surface area contributed by atoms with E-state index in [4.69, 9.17) is 4.74 Å². The third kappa shape index (κ3) is 4.70. The Labute approximate surface area is 183 Å². The van der Waals surface area contributed by atoms with Gasteiger partial charge in [-0.3, -0.25) is 0 Å². The summed E-state index contributed by atoms with van der Waals surface area (Å²) in [5.74, 6) is 0.902. The Hall–Kier alpha value is -3.78. The maximum absolute atomic E-state index is 5.98. The van der Waals surface area contributed by atoms with E-state index < -0.39 is 0 Å². The van der Waals surface area contributed by atoms with Crippen LogP contribution in [0.25, 0.3) is 10.9 Å². The van der Waals surface area contributed by atoms with Gasteiger partial charge in [-0.05, 0) is 52.9 Å². The summed E-state index contributed by atoms with van der Waals surface area (Å²) in [6.07, 6.45) is 3.13. The van der Waals surface area contributed by atoms with Crippen LogP contribution in [0, 0.1) is 0 Å². The van der Waals surface area contributed by atoms with Crippen molar-refractivity contribution in [3.05, 3.63) is 138 Å². The predicted octanol–water partition coefficient (Wildman–Crippen LogP) is 6.86. The molecule has 1 aromatic heterocycles. The molecule has 0 N–H and O–H groups in total. The van der Waals surface area contributed by atoms with Crippen LogP contribution in [0.15, 0.2) is 115 Å². The maximum Gasteiger partial charge on any atom is 0.120 e. The summed E-state index contributed by atoms with van der Waals surface area (Å²) in [6.45, 7) is 1.45. The van der Waals surface area contributed by atoms with Crippen molar-refractivity contribution in [3.63, 3.8) is 0 Å². The lowest BCUT2D eigenvalue weighted by Gasteiger charge is -2.09. The molecule has 31 heavy (non-hydrogen) atoms. The van der Waals surface area contributed by atoms with Crippen LogP contribution in [0.1, 0.15) is 22.3 Å². The number of benzene rings is 4. The van der Waals surface area contributed by atoms with Gasteiger partial charge in [0, 0.05) is 23.6 Å². The van der Waals surface area contributed by atoms with Gasteiger partial charge in [0.25, 0.3) is 0 Å². The first kappa shape index (κ1) is 19.2. The summed E-state index contributed by atoms with van der Waals surface area (Å²) in [7, 11) is 0. The summed E-state index contributed by atoms with van der Waals surface area (Å²) in [6, 6.07) is 38.3. The van der Waals surface area contributed by atoms with Gasteiger partial charge in [0.15, 0.2) is 0 Å². The summed E-state index contributed by atoms with van der Waals surface area (Å²) < 4.78 is 8.27. The number of hydrogen-bond acceptors (Lipinski definition) is 1. The monoisotopic (exact) mass is 403 g/mol. The molecule has 0 unspecified atom stereocenters. The largest absolute Gasteiger partial charge is 0.489 e. The molecule has 0 amide bonds. The molecule has 0 fully saturated rings. The Morgan fingerprint density at radius 3 is 1.97 bits per heavy atom. The lowest BCUT2D eigenvalue weighted by molar-refractivity contribution is 0.306. The van der Waals surface area contributed by atoms with Gasteiger partial charge in [-0.25, -0.2) is 0 Å². The number of nitrogens with zero attached hydrogens (tertiary/aromatic N) is 1. The van der Waals surface area contributed by atoms with Gasteiger partial charge in [-0.15, -0.1) is 0 Å². The van der Waals surface area contributed by atoms with E-state index in [-0.39, 0.29) is 0 Å². The second kappa shape index (κ2) is 8.93. The standard InChI is InChI=1S/C29H25NO/c1-3-7-23(8-4-1)19-24-11-13-25(14-12-24)21-30-18-17-27-20-28(15-16-29(27)30)31-22-26-9-5-2-6-10-26/h1-18,20H,19,21-22H2. The average molecular weight is 404 g/mol. The highest BCUT2D eigenvalue weighted by atomic mass is 16.5. The molecule has 0 spiro atoms. The van der Waals surface area contributed by atoms with E-state index in [1.54, 1.807) is 0 Å². The Bertz CT molecular complexity index is 1250. The quantitative estimate of drug-likeness (QED) is 0.289. The summed E-state index contributed by atoms with van der Waals surface area (Å²) >= 11 is 0. The molecule has 2 heteroatoms. The molecule has 0 saturated carbocycles. The van der Waals surface area contributed by atoms with Gasteiger partial charge in [-0.2, -0.15) is 0 Å². The smallest absolute Gasteiger partial charge is 0.120 e. The minimum atomic E-state index is 0.586. The lowest BCUT2D eigenvalue weighted by atomic mass is 10.0. The Kier molecular flexibility index (Phi) is 5.53. The summed E-state index contributed by atoms with van der Waals surface area (Å²) in [5.41, 5.74) is 6.39. The Morgan fingerprint density at radius 1 is 0.581 bits per heavy atom. The van der Waals surface area contributed by atoms with Gasteiger partial charge in [0.05, 0.1) is 0 Å². The minimum Gasteiger partial charge on any atom is -0.489 e. The van der Waals surface area contributed by atoms with E-state index in [2.05, 4.69) is 102 Å². The molecule has 5 rings (SSSR count). The minimum absolute atomic E-state index is 0.586. The van der Waals surface area contributed by atoms with E-state index in [9.17, 15) is 0 Å². The van der Waals surface area contributed by atoms with Gasteiger partial charge in [0.2, 0.25) is 0 Å². The number of fused-ring (bicyclic) bond motifs is 1. The molecular formula is C29H25NO. The van der Waals surface area contributed by atoms with E-state index >= 15 is 0 Å². The van der Waals surface area contributed by atoms with Crippen LogP contribution in [-0.4, -0.2) is 4.57 Å². The van der Waals surface area contributed by atoms with Crippen molar-refractivity contribution >= 4 is 10.9 Å². The van der Waals surface area contributed by atoms with Gasteiger partial charge in [-0.1, -0.05) is 84.9 Å². The second-order valence-corrected chi connectivity index (χ2v) is 7.92. The molecular weight excluding hydrogens is 378 g/mol. The fraction of sp³-hybridized carbons (Fsp3) is 0.103. The van der Waals surface area contributed by atoms with Crippen molar-refractivity contribution in [2.45, 2.75) is 19.6 Å². The SMILES string of the molecule is c1ccc(COc2ccc3c(ccn3Cc3ccc(Cc4ccccc4)cc3)c2)cc1. The van der Waals surface area contributed by atoms with Gasteiger partial charge >= 0.3 is 0 Å². The molecule has 152 valence electrons. The number of aromatic nitrogens is 1. The predicted molar refractivity (Wildman–Crippen MR) is 128 cm³/mol. The van der Waals surface area contributed by atoms with Crippen LogP contribution in [0.2, 0.25) is 0 Å². The molecule has 0 saturated heterocycles. The summed E-state index contributed by atoms with van der Waals surface area (Å²) in [4.78, 5) is 0. The fourth-order valence-corrected chi connectivity index (χ4v) is 3.94. The Morgan fingerprint density at radius 2 is 1.23 bits per heavy atom. The zero-order valence-electron chi connectivity index (χ0n) is 17.4. The molecule has 0 aliphatic carbocycles. The van der Waals surface area contributed by atoms with Crippen LogP contribution in [0.4, 0.5) is 0 Å². The van der Waals surface area contributed by atoms with Crippen molar-refractivity contribution in [1.82, 2.24) is 4.57 Å². The van der Waals surface area contributed by atoms with Crippen LogP contribution >= 0.6 is 0 Å². The van der Waals surface area contributed by atoms with Crippen LogP contribution < -0.4 is 4.74 Å². The molecule has 1 heterocycles. The highest BCUT2D eigenvalue weighted by Gasteiger charge is 2.05. The van der Waals surface area contributed by atoms with Crippen molar-refractivity contribution in [2.75, 3.05) is 0 Å². The number of rotatable bonds is 7. The number of ether oxygens (including phenoxy) is 1. The average Bonchev–Trinajstić information content (AvgIpc) is 3.22. The maximum atomic E-state index is 5.98. The van der Waals surface area contributed by atoms with Crippen molar-refractivity contribution in [3.8, 4) is 5.75 Å². The van der Waals surface area contributed by atoms with Crippen LogP contribution in [0.5, 0.6) is 5.75 Å². The lowest BCUT2D eigenvalue weighted by Crippen LogP contribution is -1.99. The topological polar surface area (TPSA) is 14.2 Å². The third-order valence-corrected chi connectivity index (χ3v) is 5.62. The highest BCUT2D eigenvalue weighted by Crippen LogP contribution is 2.24. The first-order valence-corrected chi connectivity index (χ1v) is 10.7. The molecule has 0 aliphatic rings. The molecule has 0 bridgehead atoms. The third-order valence-electron chi connectivity index (χ3n) is 5.62. The molecule has 0 atom stereocenters. The highest BCUT2D eigenvalue weighted by molar-refractivity contribution is 5.81. The van der Waals surface area contributed by atoms with Crippen LogP contribution in [-0.2, 0) is 19.6 Å². The van der Waals surface area contributed by atoms with Gasteiger partial charge in [0.1, 0.15) is 12.4 Å². The van der Waals surface area contributed by atoms with E-state index in [0.29, 0.717) is 6.61 Å². The first-order chi connectivity index (χ1) is 15.3. The van der Waals surface area contributed by atoms with E-state index in [0.717, 1.165) is 18.7 Å². The first-order valence-electron chi connectivity index (χ1n) is 10.7. The van der Waals surface area contributed by atoms with E-state index in [1.807, 2.05) is 18.2 Å². The normalized spacial score (nSPS) is 11.0. The van der Waals surface area contributed by atoms with Gasteiger partial charge < -0.3 is 9.30 Å². The fourth-order valence-electron chi connectivity index (χ4n) is 3.94. The summed E-state index contributed by atoms with van der Waals surface area (Å²) in [5, 5.41) is 1.20. The molecule has 2 nitrogen and oxygen atoms in total. The molecule has 0 radical (unpaired) electrons. The van der Waals surface area contributed by atoms with Crippen LogP contribution in [0.3, 0.4) is 0 Å². The molecule has 4 aromatic carbocycles. The number of hydrogen-bond donors (Lipinski definition) is 0. The molecule has 5 aromatic rings. The van der Waals surface area contributed by atoms with E-state index in [1.165, 1.54) is 33.2 Å². The Balaban J connectivity index is 1.26. The van der Waals surface area contributed by atoms with Crippen molar-refractivity contribution in [1.29, 1.82) is 0 Å².